The molecule has 0 aromatic carbocycles. The Balaban J connectivity index is 2.17. The van der Waals surface area contributed by atoms with Crippen molar-refractivity contribution in [2.45, 2.75) is 13.0 Å². The highest BCUT2D eigenvalue weighted by atomic mass is 16.3. The van der Waals surface area contributed by atoms with E-state index in [1.54, 1.807) is 27.1 Å². The number of carbonyl (C=O) groups excluding carboxylic acids is 1. The van der Waals surface area contributed by atoms with Crippen molar-refractivity contribution in [2.75, 3.05) is 0 Å². The SMILES string of the molecule is CC(NC(=O)c1ccn(C)c(=O)c1)c1nn(C)cc1O. The molecule has 2 aromatic rings. The van der Waals surface area contributed by atoms with Crippen LogP contribution in [0.25, 0.3) is 0 Å². The molecule has 2 rings (SSSR count). The van der Waals surface area contributed by atoms with E-state index in [0.29, 0.717) is 5.69 Å². The topological polar surface area (TPSA) is 89.2 Å². The molecule has 0 bridgehead atoms. The number of nitrogens with one attached hydrogen (secondary N) is 1. The zero-order chi connectivity index (χ0) is 14.9. The van der Waals surface area contributed by atoms with Gasteiger partial charge in [-0.3, -0.25) is 14.3 Å². The number of amides is 1. The number of nitrogens with zero attached hydrogens (tertiary/aromatic N) is 3. The van der Waals surface area contributed by atoms with Gasteiger partial charge in [0.25, 0.3) is 11.5 Å². The summed E-state index contributed by atoms with van der Waals surface area (Å²) in [6.07, 6.45) is 2.98. The number of pyridine rings is 1. The number of rotatable bonds is 3. The summed E-state index contributed by atoms with van der Waals surface area (Å²) in [6, 6.07) is 2.36. The molecule has 106 valence electrons. The van der Waals surface area contributed by atoms with Gasteiger partial charge in [0.15, 0.2) is 5.75 Å². The van der Waals surface area contributed by atoms with Crippen molar-refractivity contribution in [2.24, 2.45) is 14.1 Å². The van der Waals surface area contributed by atoms with Crippen molar-refractivity contribution in [3.05, 3.63) is 46.1 Å². The second kappa shape index (κ2) is 5.20. The summed E-state index contributed by atoms with van der Waals surface area (Å²) >= 11 is 0. The van der Waals surface area contributed by atoms with E-state index in [0.717, 1.165) is 0 Å². The van der Waals surface area contributed by atoms with Crippen LogP contribution in [0.15, 0.2) is 29.3 Å². The first-order valence-electron chi connectivity index (χ1n) is 6.08. The van der Waals surface area contributed by atoms with Gasteiger partial charge in [-0.2, -0.15) is 5.10 Å². The van der Waals surface area contributed by atoms with E-state index in [1.807, 2.05) is 0 Å². The monoisotopic (exact) mass is 276 g/mol. The number of aryl methyl sites for hydroxylation is 2. The molecule has 0 aliphatic carbocycles. The lowest BCUT2D eigenvalue weighted by Gasteiger charge is -2.12. The predicted octanol–water partition coefficient (Wildman–Crippen LogP) is 0.315. The molecule has 20 heavy (non-hydrogen) atoms. The third-order valence-electron chi connectivity index (χ3n) is 2.96. The van der Waals surface area contributed by atoms with Crippen LogP contribution < -0.4 is 10.9 Å². The largest absolute Gasteiger partial charge is 0.504 e. The van der Waals surface area contributed by atoms with Crippen molar-refractivity contribution in [1.82, 2.24) is 19.7 Å². The van der Waals surface area contributed by atoms with Crippen molar-refractivity contribution in [1.29, 1.82) is 0 Å². The number of aromatic hydroxyl groups is 1. The quantitative estimate of drug-likeness (QED) is 0.844. The average molecular weight is 276 g/mol. The van der Waals surface area contributed by atoms with Gasteiger partial charge in [-0.1, -0.05) is 0 Å². The van der Waals surface area contributed by atoms with E-state index in [2.05, 4.69) is 10.4 Å². The minimum absolute atomic E-state index is 0.0178. The van der Waals surface area contributed by atoms with Gasteiger partial charge >= 0.3 is 0 Å². The van der Waals surface area contributed by atoms with Crippen molar-refractivity contribution >= 4 is 5.91 Å². The molecular weight excluding hydrogens is 260 g/mol. The maximum Gasteiger partial charge on any atom is 0.252 e. The zero-order valence-electron chi connectivity index (χ0n) is 11.5. The van der Waals surface area contributed by atoms with Gasteiger partial charge in [-0.25, -0.2) is 0 Å². The summed E-state index contributed by atoms with van der Waals surface area (Å²) in [5.74, 6) is -0.371. The van der Waals surface area contributed by atoms with Crippen LogP contribution in [0.2, 0.25) is 0 Å². The molecule has 0 saturated heterocycles. The maximum absolute atomic E-state index is 12.0. The fourth-order valence-corrected chi connectivity index (χ4v) is 1.84. The molecule has 1 amide bonds. The molecule has 1 unspecified atom stereocenters. The number of carbonyl (C=O) groups is 1. The summed E-state index contributed by atoms with van der Waals surface area (Å²) in [6.45, 7) is 1.71. The Morgan fingerprint density at radius 1 is 1.45 bits per heavy atom. The third kappa shape index (κ3) is 2.71. The fourth-order valence-electron chi connectivity index (χ4n) is 1.84. The summed E-state index contributed by atoms with van der Waals surface area (Å²) in [5.41, 5.74) is 0.394. The normalized spacial score (nSPS) is 12.2. The molecule has 0 saturated carbocycles. The summed E-state index contributed by atoms with van der Waals surface area (Å²) in [5, 5.41) is 16.4. The maximum atomic E-state index is 12.0. The van der Waals surface area contributed by atoms with Gasteiger partial charge in [-0.05, 0) is 13.0 Å². The molecule has 1 atom stereocenters. The van der Waals surface area contributed by atoms with Crippen LogP contribution in [0.3, 0.4) is 0 Å². The average Bonchev–Trinajstić information content (AvgIpc) is 2.71. The highest BCUT2D eigenvalue weighted by Gasteiger charge is 2.17. The Morgan fingerprint density at radius 3 is 2.70 bits per heavy atom. The first-order chi connectivity index (χ1) is 9.38. The van der Waals surface area contributed by atoms with Gasteiger partial charge < -0.3 is 15.0 Å². The minimum Gasteiger partial charge on any atom is -0.504 e. The van der Waals surface area contributed by atoms with Crippen LogP contribution in [-0.4, -0.2) is 25.4 Å². The summed E-state index contributed by atoms with van der Waals surface area (Å²) in [7, 11) is 3.29. The van der Waals surface area contributed by atoms with Crippen LogP contribution in [0.5, 0.6) is 5.75 Å². The Hall–Kier alpha value is -2.57. The smallest absolute Gasteiger partial charge is 0.252 e. The Bertz CT molecular complexity index is 702. The standard InChI is InChI=1S/C13H16N4O3/c1-8(12-10(18)7-17(3)15-12)14-13(20)9-4-5-16(2)11(19)6-9/h4-8,18H,1-3H3,(H,14,20). The molecule has 2 heterocycles. The van der Waals surface area contributed by atoms with Crippen LogP contribution in [0.1, 0.15) is 29.0 Å². The van der Waals surface area contributed by atoms with Gasteiger partial charge in [-0.15, -0.1) is 0 Å². The predicted molar refractivity (Wildman–Crippen MR) is 72.4 cm³/mol. The van der Waals surface area contributed by atoms with Crippen LogP contribution in [0.4, 0.5) is 0 Å². The third-order valence-corrected chi connectivity index (χ3v) is 2.96. The Morgan fingerprint density at radius 2 is 2.15 bits per heavy atom. The summed E-state index contributed by atoms with van der Waals surface area (Å²) < 4.78 is 2.84. The molecule has 2 aromatic heterocycles. The molecule has 0 radical (unpaired) electrons. The molecule has 2 N–H and O–H groups in total. The van der Waals surface area contributed by atoms with E-state index >= 15 is 0 Å². The number of hydrogen-bond donors (Lipinski definition) is 2. The molecule has 0 spiro atoms. The lowest BCUT2D eigenvalue weighted by atomic mass is 10.2. The van der Waals surface area contributed by atoms with E-state index in [4.69, 9.17) is 0 Å². The number of hydrogen-bond acceptors (Lipinski definition) is 4. The molecule has 0 aliphatic rings. The first kappa shape index (κ1) is 13.9. The van der Waals surface area contributed by atoms with Crippen LogP contribution in [-0.2, 0) is 14.1 Å². The highest BCUT2D eigenvalue weighted by Crippen LogP contribution is 2.21. The Kier molecular flexibility index (Phi) is 3.60. The molecule has 7 heteroatoms. The van der Waals surface area contributed by atoms with Crippen molar-refractivity contribution < 1.29 is 9.90 Å². The van der Waals surface area contributed by atoms with Gasteiger partial charge in [0.1, 0.15) is 5.69 Å². The van der Waals surface area contributed by atoms with E-state index in [9.17, 15) is 14.7 Å². The van der Waals surface area contributed by atoms with Crippen LogP contribution >= 0.6 is 0 Å². The second-order valence-electron chi connectivity index (χ2n) is 4.63. The Labute approximate surface area is 115 Å². The highest BCUT2D eigenvalue weighted by molar-refractivity contribution is 5.94. The first-order valence-corrected chi connectivity index (χ1v) is 6.08. The molecule has 0 fully saturated rings. The summed E-state index contributed by atoms with van der Waals surface area (Å²) in [4.78, 5) is 23.5. The molecular formula is C13H16N4O3. The van der Waals surface area contributed by atoms with Gasteiger partial charge in [0, 0.05) is 31.9 Å². The van der Waals surface area contributed by atoms with Crippen molar-refractivity contribution in [3.63, 3.8) is 0 Å². The molecule has 0 aliphatic heterocycles. The lowest BCUT2D eigenvalue weighted by Crippen LogP contribution is -2.28. The lowest BCUT2D eigenvalue weighted by molar-refractivity contribution is 0.0938. The van der Waals surface area contributed by atoms with Gasteiger partial charge in [0.05, 0.1) is 12.2 Å². The van der Waals surface area contributed by atoms with E-state index in [-0.39, 0.29) is 22.8 Å². The fraction of sp³-hybridized carbons (Fsp3) is 0.308. The van der Waals surface area contributed by atoms with E-state index in [1.165, 1.54) is 27.7 Å². The van der Waals surface area contributed by atoms with Crippen LogP contribution in [0, 0.1) is 0 Å². The second-order valence-corrected chi connectivity index (χ2v) is 4.63. The minimum atomic E-state index is -0.465. The number of aromatic nitrogens is 3. The van der Waals surface area contributed by atoms with E-state index < -0.39 is 6.04 Å². The zero-order valence-corrected chi connectivity index (χ0v) is 11.5. The molecule has 7 nitrogen and oxygen atoms in total. The van der Waals surface area contributed by atoms with Gasteiger partial charge in [0.2, 0.25) is 0 Å². The van der Waals surface area contributed by atoms with Crippen molar-refractivity contribution in [3.8, 4) is 5.75 Å².